The van der Waals surface area contributed by atoms with E-state index < -0.39 is 0 Å². The zero-order valence-electron chi connectivity index (χ0n) is 17.4. The molecule has 0 bridgehead atoms. The number of carbonyl (C=O) groups excluding carboxylic acids is 1. The van der Waals surface area contributed by atoms with E-state index in [0.29, 0.717) is 23.8 Å². The maximum absolute atomic E-state index is 12.4. The molecule has 0 aliphatic rings. The Hall–Kier alpha value is -2.42. The van der Waals surface area contributed by atoms with Gasteiger partial charge in [0.2, 0.25) is 11.7 Å². The van der Waals surface area contributed by atoms with E-state index in [1.54, 1.807) is 33.1 Å². The third-order valence-electron chi connectivity index (χ3n) is 4.34. The number of nitrogens with zero attached hydrogens (tertiary/aromatic N) is 1. The van der Waals surface area contributed by atoms with E-state index >= 15 is 0 Å². The van der Waals surface area contributed by atoms with Gasteiger partial charge in [0.05, 0.1) is 33.4 Å². The van der Waals surface area contributed by atoms with Crippen LogP contribution in [0, 0.1) is 0 Å². The molecule has 3 aromatic rings. The molecule has 0 saturated heterocycles. The lowest BCUT2D eigenvalue weighted by Crippen LogP contribution is -2.24. The van der Waals surface area contributed by atoms with Gasteiger partial charge in [-0.15, -0.1) is 11.3 Å². The number of rotatable bonds is 10. The average molecular weight is 479 g/mol. The Kier molecular flexibility index (Phi) is 8.45. The monoisotopic (exact) mass is 478 g/mol. The molecule has 164 valence electrons. The number of thioether (sulfide) groups is 1. The maximum Gasteiger partial charge on any atom is 0.226 e. The normalized spacial score (nSPS) is 10.6. The Balaban J connectivity index is 1.53. The van der Waals surface area contributed by atoms with Gasteiger partial charge in [-0.3, -0.25) is 4.79 Å². The van der Waals surface area contributed by atoms with Crippen LogP contribution in [0.15, 0.2) is 46.1 Å². The number of methoxy groups -OCH3 is 3. The van der Waals surface area contributed by atoms with E-state index in [1.807, 2.05) is 41.8 Å². The van der Waals surface area contributed by atoms with Crippen LogP contribution in [0.5, 0.6) is 17.2 Å². The number of nitrogens with one attached hydrogen (secondary N) is 1. The van der Waals surface area contributed by atoms with Crippen LogP contribution in [0.25, 0.3) is 0 Å². The van der Waals surface area contributed by atoms with Gasteiger partial charge in [-0.1, -0.05) is 35.5 Å². The van der Waals surface area contributed by atoms with E-state index in [1.165, 1.54) is 11.3 Å². The van der Waals surface area contributed by atoms with Crippen molar-refractivity contribution in [3.63, 3.8) is 0 Å². The molecule has 0 atom stereocenters. The smallest absolute Gasteiger partial charge is 0.226 e. The lowest BCUT2D eigenvalue weighted by Gasteiger charge is -2.14. The summed E-state index contributed by atoms with van der Waals surface area (Å²) in [4.78, 5) is 16.9. The zero-order valence-corrected chi connectivity index (χ0v) is 19.8. The summed E-state index contributed by atoms with van der Waals surface area (Å²) in [5.74, 6) is 2.29. The molecule has 6 nitrogen and oxygen atoms in total. The SMILES string of the molecule is COc1cc(CNC(=O)Cc2csc(SCc3cccc(Cl)c3)n2)cc(OC)c1OC. The fourth-order valence-corrected chi connectivity index (χ4v) is 4.87. The summed E-state index contributed by atoms with van der Waals surface area (Å²) in [6, 6.07) is 11.4. The van der Waals surface area contributed by atoms with Gasteiger partial charge >= 0.3 is 0 Å². The number of amides is 1. The number of thiazole rings is 1. The first kappa shape index (κ1) is 23.2. The van der Waals surface area contributed by atoms with Gasteiger partial charge in [0.15, 0.2) is 11.5 Å². The van der Waals surface area contributed by atoms with Gasteiger partial charge in [-0.2, -0.15) is 0 Å². The molecule has 2 aromatic carbocycles. The highest BCUT2D eigenvalue weighted by atomic mass is 35.5. The van der Waals surface area contributed by atoms with Crippen LogP contribution in [0.2, 0.25) is 5.02 Å². The van der Waals surface area contributed by atoms with E-state index in [-0.39, 0.29) is 12.3 Å². The van der Waals surface area contributed by atoms with Crippen molar-refractivity contribution < 1.29 is 19.0 Å². The Morgan fingerprint density at radius 2 is 1.84 bits per heavy atom. The zero-order chi connectivity index (χ0) is 22.2. The lowest BCUT2D eigenvalue weighted by atomic mass is 10.1. The molecule has 1 amide bonds. The molecule has 0 aliphatic heterocycles. The maximum atomic E-state index is 12.4. The number of ether oxygens (including phenoxy) is 3. The van der Waals surface area contributed by atoms with Crippen molar-refractivity contribution in [1.29, 1.82) is 0 Å². The third-order valence-corrected chi connectivity index (χ3v) is 6.71. The van der Waals surface area contributed by atoms with Crippen LogP contribution >= 0.6 is 34.7 Å². The summed E-state index contributed by atoms with van der Waals surface area (Å²) in [5.41, 5.74) is 2.73. The minimum Gasteiger partial charge on any atom is -0.493 e. The molecule has 9 heteroatoms. The van der Waals surface area contributed by atoms with Gasteiger partial charge in [-0.25, -0.2) is 4.98 Å². The fourth-order valence-electron chi connectivity index (χ4n) is 2.87. The molecular weight excluding hydrogens is 456 g/mol. The number of hydrogen-bond donors (Lipinski definition) is 1. The van der Waals surface area contributed by atoms with Crippen LogP contribution in [-0.2, 0) is 23.5 Å². The number of benzene rings is 2. The molecule has 1 heterocycles. The summed E-state index contributed by atoms with van der Waals surface area (Å²) in [5, 5.41) is 5.55. The van der Waals surface area contributed by atoms with Gasteiger partial charge in [-0.05, 0) is 35.4 Å². The first-order chi connectivity index (χ1) is 15.0. The highest BCUT2D eigenvalue weighted by Gasteiger charge is 2.14. The topological polar surface area (TPSA) is 69.7 Å². The number of aromatic nitrogens is 1. The van der Waals surface area contributed by atoms with Crippen molar-refractivity contribution in [3.05, 3.63) is 63.6 Å². The summed E-state index contributed by atoms with van der Waals surface area (Å²) in [7, 11) is 4.67. The Morgan fingerprint density at radius 3 is 2.48 bits per heavy atom. The first-order valence-electron chi connectivity index (χ1n) is 9.39. The number of carbonyl (C=O) groups is 1. The van der Waals surface area contributed by atoms with Crippen molar-refractivity contribution in [2.24, 2.45) is 0 Å². The molecule has 0 fully saturated rings. The van der Waals surface area contributed by atoms with E-state index in [9.17, 15) is 4.79 Å². The number of hydrogen-bond acceptors (Lipinski definition) is 7. The third kappa shape index (κ3) is 6.53. The van der Waals surface area contributed by atoms with Crippen molar-refractivity contribution in [2.45, 2.75) is 23.1 Å². The minimum atomic E-state index is -0.106. The Bertz CT molecular complexity index is 1020. The standard InChI is InChI=1S/C22H23ClN2O4S2/c1-27-18-8-15(9-19(28-2)21(18)29-3)11-24-20(26)10-17-13-31-22(25-17)30-12-14-5-4-6-16(23)7-14/h4-9,13H,10-12H2,1-3H3,(H,24,26). The number of halogens is 1. The van der Waals surface area contributed by atoms with Gasteiger partial charge < -0.3 is 19.5 Å². The summed E-state index contributed by atoms with van der Waals surface area (Å²) >= 11 is 9.19. The van der Waals surface area contributed by atoms with E-state index in [4.69, 9.17) is 25.8 Å². The molecule has 31 heavy (non-hydrogen) atoms. The second kappa shape index (κ2) is 11.3. The highest BCUT2D eigenvalue weighted by molar-refractivity contribution is 8.00. The largest absolute Gasteiger partial charge is 0.493 e. The lowest BCUT2D eigenvalue weighted by molar-refractivity contribution is -0.120. The summed E-state index contributed by atoms with van der Waals surface area (Å²) < 4.78 is 16.9. The van der Waals surface area contributed by atoms with Gasteiger partial charge in [0.1, 0.15) is 4.34 Å². The molecule has 0 unspecified atom stereocenters. The van der Waals surface area contributed by atoms with Crippen molar-refractivity contribution in [2.75, 3.05) is 21.3 Å². The van der Waals surface area contributed by atoms with E-state index in [2.05, 4.69) is 10.3 Å². The van der Waals surface area contributed by atoms with Crippen LogP contribution in [0.4, 0.5) is 0 Å². The predicted molar refractivity (Wildman–Crippen MR) is 125 cm³/mol. The second-order valence-electron chi connectivity index (χ2n) is 6.51. The molecule has 0 spiro atoms. The van der Waals surface area contributed by atoms with E-state index in [0.717, 1.165) is 31.9 Å². The van der Waals surface area contributed by atoms with Crippen LogP contribution in [0.1, 0.15) is 16.8 Å². The highest BCUT2D eigenvalue weighted by Crippen LogP contribution is 2.38. The predicted octanol–water partition coefficient (Wildman–Crippen LogP) is 4.97. The fraction of sp³-hybridized carbons (Fsp3) is 0.273. The second-order valence-corrected chi connectivity index (χ2v) is 9.03. The van der Waals surface area contributed by atoms with Gasteiger partial charge in [0, 0.05) is 22.7 Å². The molecular formula is C22H23ClN2O4S2. The molecule has 3 rings (SSSR count). The summed E-state index contributed by atoms with van der Waals surface area (Å²) in [6.45, 7) is 0.343. The average Bonchev–Trinajstić information content (AvgIpc) is 3.22. The van der Waals surface area contributed by atoms with Crippen molar-refractivity contribution in [1.82, 2.24) is 10.3 Å². The van der Waals surface area contributed by atoms with Crippen molar-refractivity contribution in [3.8, 4) is 17.2 Å². The first-order valence-corrected chi connectivity index (χ1v) is 11.6. The molecule has 0 radical (unpaired) electrons. The van der Waals surface area contributed by atoms with Gasteiger partial charge in [0.25, 0.3) is 0 Å². The minimum absolute atomic E-state index is 0.106. The molecule has 0 aliphatic carbocycles. The molecule has 1 N–H and O–H groups in total. The van der Waals surface area contributed by atoms with Crippen LogP contribution < -0.4 is 19.5 Å². The summed E-state index contributed by atoms with van der Waals surface area (Å²) in [6.07, 6.45) is 0.221. The quantitative estimate of drug-likeness (QED) is 0.415. The Labute approximate surface area is 194 Å². The Morgan fingerprint density at radius 1 is 1.10 bits per heavy atom. The van der Waals surface area contributed by atoms with Crippen LogP contribution in [0.3, 0.4) is 0 Å². The molecule has 1 aromatic heterocycles. The van der Waals surface area contributed by atoms with Crippen molar-refractivity contribution >= 4 is 40.6 Å². The van der Waals surface area contributed by atoms with Crippen LogP contribution in [-0.4, -0.2) is 32.2 Å². The molecule has 0 saturated carbocycles.